The zero-order valence-corrected chi connectivity index (χ0v) is 13.1. The van der Waals surface area contributed by atoms with E-state index in [0.29, 0.717) is 17.0 Å². The van der Waals surface area contributed by atoms with E-state index in [0.717, 1.165) is 0 Å². The number of hydrogen-bond donors (Lipinski definition) is 2. The molecule has 2 N–H and O–H groups in total. The fraction of sp³-hybridized carbons (Fsp3) is 0.176. The fourth-order valence-electron chi connectivity index (χ4n) is 2.40. The Hall–Kier alpha value is -2.77. The van der Waals surface area contributed by atoms with Gasteiger partial charge in [0.15, 0.2) is 0 Å². The summed E-state index contributed by atoms with van der Waals surface area (Å²) in [5, 5.41) is 24.9. The Labute approximate surface area is 137 Å². The second kappa shape index (κ2) is 6.03. The number of methoxy groups -OCH3 is 1. The molecule has 0 radical (unpaired) electrons. The molecule has 0 amide bonds. The molecule has 7 heteroatoms. The molecular weight excluding hydrogens is 313 g/mol. The van der Waals surface area contributed by atoms with E-state index in [2.05, 4.69) is 10.1 Å². The lowest BCUT2D eigenvalue weighted by Gasteiger charge is -2.21. The average molecular weight is 329 g/mol. The lowest BCUT2D eigenvalue weighted by molar-refractivity contribution is -0.135. The zero-order valence-electron chi connectivity index (χ0n) is 13.1. The van der Waals surface area contributed by atoms with E-state index in [1.54, 1.807) is 25.2 Å². The Bertz CT molecular complexity index is 877. The minimum atomic E-state index is -2.33. The number of halogens is 1. The van der Waals surface area contributed by atoms with Gasteiger partial charge in [0, 0.05) is 18.8 Å². The van der Waals surface area contributed by atoms with Crippen LogP contribution in [0.1, 0.15) is 11.3 Å². The number of pyridine rings is 1. The summed E-state index contributed by atoms with van der Waals surface area (Å²) in [4.78, 5) is 4.28. The predicted octanol–water partition coefficient (Wildman–Crippen LogP) is 1.82. The van der Waals surface area contributed by atoms with Gasteiger partial charge in [-0.1, -0.05) is 12.1 Å². The van der Waals surface area contributed by atoms with Crippen LogP contribution in [0.5, 0.6) is 5.75 Å². The molecule has 124 valence electrons. The van der Waals surface area contributed by atoms with Crippen molar-refractivity contribution in [3.63, 3.8) is 0 Å². The highest BCUT2D eigenvalue weighted by molar-refractivity contribution is 5.66. The summed E-state index contributed by atoms with van der Waals surface area (Å²) in [6.07, 6.45) is 2.82. The average Bonchev–Trinajstić information content (AvgIpc) is 3.01. The third kappa shape index (κ3) is 2.86. The van der Waals surface area contributed by atoms with Gasteiger partial charge in [0.05, 0.1) is 18.9 Å². The van der Waals surface area contributed by atoms with Crippen molar-refractivity contribution < 1.29 is 19.3 Å². The molecular formula is C17H16FN3O3. The number of aliphatic hydroxyl groups is 2. The Morgan fingerprint density at radius 1 is 1.21 bits per heavy atom. The topological polar surface area (TPSA) is 80.4 Å². The molecule has 6 nitrogen and oxygen atoms in total. The largest absolute Gasteiger partial charge is 0.494 e. The first-order valence-corrected chi connectivity index (χ1v) is 7.17. The van der Waals surface area contributed by atoms with Gasteiger partial charge < -0.3 is 14.9 Å². The molecule has 3 aromatic rings. The van der Waals surface area contributed by atoms with Crippen molar-refractivity contribution in [2.75, 3.05) is 7.11 Å². The minimum Gasteiger partial charge on any atom is -0.494 e. The maximum atomic E-state index is 13.5. The van der Waals surface area contributed by atoms with Gasteiger partial charge >= 0.3 is 0 Å². The van der Waals surface area contributed by atoms with Crippen molar-refractivity contribution >= 4 is 0 Å². The third-order valence-corrected chi connectivity index (χ3v) is 3.64. The number of ether oxygens (including phenoxy) is 1. The van der Waals surface area contributed by atoms with E-state index in [-0.39, 0.29) is 11.3 Å². The van der Waals surface area contributed by atoms with Gasteiger partial charge in [-0.15, -0.1) is 0 Å². The van der Waals surface area contributed by atoms with Gasteiger partial charge in [-0.25, -0.2) is 9.37 Å². The summed E-state index contributed by atoms with van der Waals surface area (Å²) in [6.45, 7) is 0. The monoisotopic (exact) mass is 329 g/mol. The molecule has 0 atom stereocenters. The second-order valence-corrected chi connectivity index (χ2v) is 5.33. The summed E-state index contributed by atoms with van der Waals surface area (Å²) >= 11 is 0. The van der Waals surface area contributed by atoms with Crippen LogP contribution in [0.2, 0.25) is 0 Å². The molecule has 0 aliphatic carbocycles. The summed E-state index contributed by atoms with van der Waals surface area (Å²) < 4.78 is 20.2. The van der Waals surface area contributed by atoms with Gasteiger partial charge in [0.1, 0.15) is 23.0 Å². The molecule has 0 aliphatic rings. The molecule has 0 spiro atoms. The molecule has 0 bridgehead atoms. The molecule has 0 saturated carbocycles. The first kappa shape index (κ1) is 16.1. The highest BCUT2D eigenvalue weighted by atomic mass is 19.1. The first-order valence-electron chi connectivity index (χ1n) is 7.17. The van der Waals surface area contributed by atoms with Crippen LogP contribution in [0, 0.1) is 5.82 Å². The van der Waals surface area contributed by atoms with Crippen molar-refractivity contribution in [2.24, 2.45) is 7.05 Å². The first-order chi connectivity index (χ1) is 11.4. The van der Waals surface area contributed by atoms with Crippen molar-refractivity contribution in [2.45, 2.75) is 5.79 Å². The van der Waals surface area contributed by atoms with Crippen molar-refractivity contribution in [1.82, 2.24) is 14.8 Å². The number of benzene rings is 1. The Morgan fingerprint density at radius 3 is 2.62 bits per heavy atom. The third-order valence-electron chi connectivity index (χ3n) is 3.64. The summed E-state index contributed by atoms with van der Waals surface area (Å²) in [6, 6.07) is 8.82. The van der Waals surface area contributed by atoms with Crippen molar-refractivity contribution in [3.8, 4) is 17.0 Å². The smallest absolute Gasteiger partial charge is 0.238 e. The van der Waals surface area contributed by atoms with Crippen LogP contribution in [0.15, 0.2) is 48.8 Å². The molecule has 3 rings (SSSR count). The number of rotatable bonds is 4. The van der Waals surface area contributed by atoms with Crippen LogP contribution >= 0.6 is 0 Å². The van der Waals surface area contributed by atoms with Gasteiger partial charge in [-0.3, -0.25) is 4.68 Å². The minimum absolute atomic E-state index is 0.0180. The highest BCUT2D eigenvalue weighted by Crippen LogP contribution is 2.32. The standard InChI is InChI=1S/C17H16FN3O3/c1-21-10-12(9-19-21)17(22,23)15-7-6-14(24-2)16(20-15)11-4-3-5-13(18)8-11/h3-10,22-23H,1-2H3. The maximum Gasteiger partial charge on any atom is 0.238 e. The van der Waals surface area contributed by atoms with Gasteiger partial charge in [0.25, 0.3) is 0 Å². The Kier molecular flexibility index (Phi) is 4.04. The van der Waals surface area contributed by atoms with Crippen LogP contribution in [-0.2, 0) is 12.8 Å². The fourth-order valence-corrected chi connectivity index (χ4v) is 2.40. The van der Waals surface area contributed by atoms with E-state index < -0.39 is 11.6 Å². The van der Waals surface area contributed by atoms with E-state index in [1.807, 2.05) is 0 Å². The van der Waals surface area contributed by atoms with Crippen LogP contribution in [0.25, 0.3) is 11.3 Å². The summed E-state index contributed by atoms with van der Waals surface area (Å²) in [5.74, 6) is -2.36. The van der Waals surface area contributed by atoms with E-state index in [1.165, 1.54) is 42.4 Å². The van der Waals surface area contributed by atoms with E-state index >= 15 is 0 Å². The molecule has 0 fully saturated rings. The maximum absolute atomic E-state index is 13.5. The lowest BCUT2D eigenvalue weighted by atomic mass is 10.0. The molecule has 2 heterocycles. The quantitative estimate of drug-likeness (QED) is 0.714. The van der Waals surface area contributed by atoms with E-state index in [9.17, 15) is 14.6 Å². The SMILES string of the molecule is COc1ccc(C(O)(O)c2cnn(C)c2)nc1-c1cccc(F)c1. The number of nitrogens with zero attached hydrogens (tertiary/aromatic N) is 3. The highest BCUT2D eigenvalue weighted by Gasteiger charge is 2.32. The van der Waals surface area contributed by atoms with Crippen LogP contribution < -0.4 is 4.74 Å². The number of aromatic nitrogens is 3. The van der Waals surface area contributed by atoms with Crippen LogP contribution in [0.3, 0.4) is 0 Å². The van der Waals surface area contributed by atoms with Gasteiger partial charge in [0.2, 0.25) is 5.79 Å². The van der Waals surface area contributed by atoms with Crippen LogP contribution in [-0.4, -0.2) is 32.1 Å². The summed E-state index contributed by atoms with van der Waals surface area (Å²) in [7, 11) is 3.13. The van der Waals surface area contributed by atoms with Gasteiger partial charge in [-0.05, 0) is 24.3 Å². The second-order valence-electron chi connectivity index (χ2n) is 5.33. The molecule has 24 heavy (non-hydrogen) atoms. The molecule has 2 aromatic heterocycles. The normalized spacial score (nSPS) is 11.5. The molecule has 0 aliphatic heterocycles. The Morgan fingerprint density at radius 2 is 2.00 bits per heavy atom. The van der Waals surface area contributed by atoms with E-state index in [4.69, 9.17) is 4.74 Å². The molecule has 0 saturated heterocycles. The molecule has 0 unspecified atom stereocenters. The number of aryl methyl sites for hydroxylation is 1. The molecule has 1 aromatic carbocycles. The predicted molar refractivity (Wildman–Crippen MR) is 84.6 cm³/mol. The van der Waals surface area contributed by atoms with Crippen LogP contribution in [0.4, 0.5) is 4.39 Å². The number of hydrogen-bond acceptors (Lipinski definition) is 5. The zero-order chi connectivity index (χ0) is 17.3. The van der Waals surface area contributed by atoms with Gasteiger partial charge in [-0.2, -0.15) is 5.10 Å². The lowest BCUT2D eigenvalue weighted by Crippen LogP contribution is -2.27. The van der Waals surface area contributed by atoms with Crippen molar-refractivity contribution in [1.29, 1.82) is 0 Å². The van der Waals surface area contributed by atoms with Crippen molar-refractivity contribution in [3.05, 3.63) is 65.9 Å². The summed E-state index contributed by atoms with van der Waals surface area (Å²) in [5.41, 5.74) is 0.935. The Balaban J connectivity index is 2.12.